The molecule has 0 aromatic heterocycles. The summed E-state index contributed by atoms with van der Waals surface area (Å²) in [4.78, 5) is 14.7. The molecule has 0 radical (unpaired) electrons. The van der Waals surface area contributed by atoms with Gasteiger partial charge in [-0.1, -0.05) is 13.0 Å². The van der Waals surface area contributed by atoms with Crippen molar-refractivity contribution >= 4 is 11.6 Å². The molecular formula is C19H31N3O. The molecule has 1 fully saturated rings. The van der Waals surface area contributed by atoms with Crippen LogP contribution in [0.2, 0.25) is 0 Å². The number of hydrogen-bond acceptors (Lipinski definition) is 3. The van der Waals surface area contributed by atoms with Crippen molar-refractivity contribution in [2.24, 2.45) is 5.92 Å². The topological polar surface area (TPSA) is 58.4 Å². The molecular weight excluding hydrogens is 286 g/mol. The Morgan fingerprint density at radius 2 is 1.83 bits per heavy atom. The Labute approximate surface area is 140 Å². The fourth-order valence-corrected chi connectivity index (χ4v) is 3.17. The van der Waals surface area contributed by atoms with Gasteiger partial charge in [-0.2, -0.15) is 0 Å². The van der Waals surface area contributed by atoms with Crippen molar-refractivity contribution in [2.75, 3.05) is 18.8 Å². The highest BCUT2D eigenvalue weighted by Crippen LogP contribution is 2.21. The highest BCUT2D eigenvalue weighted by atomic mass is 16.2. The van der Waals surface area contributed by atoms with Gasteiger partial charge in [0.15, 0.2) is 0 Å². The van der Waals surface area contributed by atoms with Crippen LogP contribution < -0.4 is 11.1 Å². The molecule has 1 aromatic rings. The molecule has 128 valence electrons. The first-order chi connectivity index (χ1) is 10.8. The van der Waals surface area contributed by atoms with Crippen LogP contribution >= 0.6 is 0 Å². The van der Waals surface area contributed by atoms with Crippen molar-refractivity contribution < 1.29 is 4.79 Å². The van der Waals surface area contributed by atoms with Gasteiger partial charge >= 0.3 is 0 Å². The third-order valence-corrected chi connectivity index (χ3v) is 4.35. The van der Waals surface area contributed by atoms with E-state index in [1.807, 2.05) is 26.8 Å². The van der Waals surface area contributed by atoms with Crippen LogP contribution in [0.15, 0.2) is 18.2 Å². The zero-order valence-corrected chi connectivity index (χ0v) is 15.0. The third kappa shape index (κ3) is 5.54. The van der Waals surface area contributed by atoms with Crippen molar-refractivity contribution in [3.05, 3.63) is 29.3 Å². The Kier molecular flexibility index (Phi) is 5.69. The van der Waals surface area contributed by atoms with Gasteiger partial charge in [0.1, 0.15) is 0 Å². The number of hydrogen-bond donors (Lipinski definition) is 2. The molecule has 1 saturated heterocycles. The number of nitrogens with two attached hydrogens (primary N) is 1. The van der Waals surface area contributed by atoms with E-state index in [1.165, 1.54) is 11.1 Å². The van der Waals surface area contributed by atoms with Crippen LogP contribution in [0.4, 0.5) is 5.69 Å². The number of benzene rings is 1. The number of likely N-dealkylation sites (tertiary alicyclic amines) is 1. The van der Waals surface area contributed by atoms with Gasteiger partial charge in [-0.15, -0.1) is 0 Å². The highest BCUT2D eigenvalue weighted by molar-refractivity contribution is 5.79. The summed E-state index contributed by atoms with van der Waals surface area (Å²) in [6.45, 7) is 11.1. The number of nitrogens with one attached hydrogen (secondary N) is 1. The van der Waals surface area contributed by atoms with E-state index in [2.05, 4.69) is 29.3 Å². The second kappa shape index (κ2) is 7.35. The Bertz CT molecular complexity index is 540. The minimum atomic E-state index is -0.146. The smallest absolute Gasteiger partial charge is 0.223 e. The summed E-state index contributed by atoms with van der Waals surface area (Å²) >= 11 is 0. The first-order valence-corrected chi connectivity index (χ1v) is 8.69. The van der Waals surface area contributed by atoms with Crippen LogP contribution in [0.25, 0.3) is 0 Å². The Morgan fingerprint density at radius 3 is 2.39 bits per heavy atom. The molecule has 2 rings (SSSR count). The molecule has 0 saturated carbocycles. The molecule has 1 aliphatic rings. The van der Waals surface area contributed by atoms with E-state index in [9.17, 15) is 4.79 Å². The number of rotatable bonds is 4. The van der Waals surface area contributed by atoms with Gasteiger partial charge in [-0.3, -0.25) is 9.69 Å². The molecule has 0 spiro atoms. The average Bonchev–Trinajstić information content (AvgIpc) is 2.45. The number of amides is 1. The van der Waals surface area contributed by atoms with E-state index in [0.717, 1.165) is 44.6 Å². The van der Waals surface area contributed by atoms with Crippen molar-refractivity contribution in [2.45, 2.75) is 59.0 Å². The van der Waals surface area contributed by atoms with E-state index < -0.39 is 0 Å². The predicted octanol–water partition coefficient (Wildman–Crippen LogP) is 2.96. The Morgan fingerprint density at radius 1 is 1.22 bits per heavy atom. The van der Waals surface area contributed by atoms with Gasteiger partial charge in [-0.05, 0) is 76.4 Å². The molecule has 3 N–H and O–H groups in total. The van der Waals surface area contributed by atoms with E-state index in [-0.39, 0.29) is 17.4 Å². The molecule has 4 heteroatoms. The van der Waals surface area contributed by atoms with Crippen LogP contribution in [0.3, 0.4) is 0 Å². The molecule has 0 bridgehead atoms. The van der Waals surface area contributed by atoms with Gasteiger partial charge in [0.25, 0.3) is 0 Å². The normalized spacial score (nSPS) is 17.2. The maximum absolute atomic E-state index is 12.3. The van der Waals surface area contributed by atoms with E-state index in [4.69, 9.17) is 5.73 Å². The van der Waals surface area contributed by atoms with Crippen molar-refractivity contribution in [1.82, 2.24) is 10.2 Å². The zero-order valence-electron chi connectivity index (χ0n) is 15.0. The lowest BCUT2D eigenvalue weighted by molar-refractivity contribution is -0.127. The van der Waals surface area contributed by atoms with Crippen LogP contribution in [0.5, 0.6) is 0 Å². The fraction of sp³-hybridized carbons (Fsp3) is 0.632. The minimum Gasteiger partial charge on any atom is -0.399 e. The third-order valence-electron chi connectivity index (χ3n) is 4.35. The Balaban J connectivity index is 1.87. The van der Waals surface area contributed by atoms with Gasteiger partial charge in [-0.25, -0.2) is 0 Å². The van der Waals surface area contributed by atoms with Crippen LogP contribution in [0.1, 0.15) is 51.7 Å². The van der Waals surface area contributed by atoms with Crippen molar-refractivity contribution in [3.63, 3.8) is 0 Å². The summed E-state index contributed by atoms with van der Waals surface area (Å²) < 4.78 is 0. The summed E-state index contributed by atoms with van der Waals surface area (Å²) in [5.74, 6) is 0.354. The number of nitrogen functional groups attached to an aromatic ring is 1. The Hall–Kier alpha value is -1.55. The molecule has 1 heterocycles. The molecule has 4 nitrogen and oxygen atoms in total. The zero-order chi connectivity index (χ0) is 17.0. The summed E-state index contributed by atoms with van der Waals surface area (Å²) in [5, 5.41) is 3.10. The lowest BCUT2D eigenvalue weighted by atomic mass is 9.94. The van der Waals surface area contributed by atoms with Gasteiger partial charge in [0.05, 0.1) is 0 Å². The summed E-state index contributed by atoms with van der Waals surface area (Å²) in [5.41, 5.74) is 9.26. The molecule has 1 aromatic carbocycles. The standard InChI is InChI=1S/C19H31N3O/c1-5-14-10-15(12-17(20)11-14)13-22-8-6-16(7-9-22)18(23)21-19(2,3)4/h10-12,16H,5-9,13,20H2,1-4H3,(H,21,23). The lowest BCUT2D eigenvalue weighted by Crippen LogP contribution is -2.46. The molecule has 1 amide bonds. The SMILES string of the molecule is CCc1cc(N)cc(CN2CCC(C(=O)NC(C)(C)C)CC2)c1. The maximum Gasteiger partial charge on any atom is 0.223 e. The number of nitrogens with zero attached hydrogens (tertiary/aromatic N) is 1. The van der Waals surface area contributed by atoms with E-state index >= 15 is 0 Å². The second-order valence-electron chi connectivity index (χ2n) is 7.73. The predicted molar refractivity (Wildman–Crippen MR) is 96.1 cm³/mol. The van der Waals surface area contributed by atoms with Crippen LogP contribution in [-0.4, -0.2) is 29.4 Å². The molecule has 0 aliphatic carbocycles. The largest absolute Gasteiger partial charge is 0.399 e. The first-order valence-electron chi connectivity index (χ1n) is 8.69. The molecule has 1 aliphatic heterocycles. The molecule has 0 unspecified atom stereocenters. The minimum absolute atomic E-state index is 0.146. The number of aryl methyl sites for hydroxylation is 1. The number of anilines is 1. The maximum atomic E-state index is 12.3. The number of carbonyl (C=O) groups is 1. The highest BCUT2D eigenvalue weighted by Gasteiger charge is 2.27. The summed E-state index contributed by atoms with van der Waals surface area (Å²) in [6.07, 6.45) is 2.88. The summed E-state index contributed by atoms with van der Waals surface area (Å²) in [6, 6.07) is 6.36. The second-order valence-corrected chi connectivity index (χ2v) is 7.73. The van der Waals surface area contributed by atoms with Gasteiger partial charge in [0.2, 0.25) is 5.91 Å². The molecule has 23 heavy (non-hydrogen) atoms. The van der Waals surface area contributed by atoms with Gasteiger partial charge < -0.3 is 11.1 Å². The van der Waals surface area contributed by atoms with E-state index in [0.29, 0.717) is 0 Å². The van der Waals surface area contributed by atoms with Crippen molar-refractivity contribution in [1.29, 1.82) is 0 Å². The molecule has 0 atom stereocenters. The number of carbonyl (C=O) groups excluding carboxylic acids is 1. The quantitative estimate of drug-likeness (QED) is 0.839. The lowest BCUT2D eigenvalue weighted by Gasteiger charge is -2.33. The van der Waals surface area contributed by atoms with Gasteiger partial charge in [0, 0.05) is 23.7 Å². The number of piperidine rings is 1. The monoisotopic (exact) mass is 317 g/mol. The van der Waals surface area contributed by atoms with Crippen LogP contribution in [0, 0.1) is 5.92 Å². The first kappa shape index (κ1) is 17.8. The van der Waals surface area contributed by atoms with E-state index in [1.54, 1.807) is 0 Å². The van der Waals surface area contributed by atoms with Crippen LogP contribution in [-0.2, 0) is 17.8 Å². The van der Waals surface area contributed by atoms with Crippen molar-refractivity contribution in [3.8, 4) is 0 Å². The summed E-state index contributed by atoms with van der Waals surface area (Å²) in [7, 11) is 0. The average molecular weight is 317 g/mol. The fourth-order valence-electron chi connectivity index (χ4n) is 3.17.